The van der Waals surface area contributed by atoms with Crippen LogP contribution in [-0.4, -0.2) is 50.2 Å². The highest BCUT2D eigenvalue weighted by Gasteiger charge is 2.50. The number of rotatable bonds is 2. The number of hydrogen-bond donors (Lipinski definition) is 0. The summed E-state index contributed by atoms with van der Waals surface area (Å²) >= 11 is 0. The highest BCUT2D eigenvalue weighted by atomic mass is 32.2. The molecule has 7 heteroatoms. The minimum Gasteiger partial charge on any atom is -0.345 e. The van der Waals surface area contributed by atoms with Crippen LogP contribution >= 0.6 is 0 Å². The number of sulfonamides is 1. The molecular formula is C16H19N3O3S. The smallest absolute Gasteiger partial charge is 0.243 e. The van der Waals surface area contributed by atoms with Crippen LogP contribution in [0.2, 0.25) is 0 Å². The highest BCUT2D eigenvalue weighted by Crippen LogP contribution is 2.41. The average molecular weight is 333 g/mol. The first kappa shape index (κ1) is 16.0. The molecule has 2 fully saturated rings. The van der Waals surface area contributed by atoms with Crippen molar-refractivity contribution in [2.45, 2.75) is 24.2 Å². The zero-order valence-corrected chi connectivity index (χ0v) is 13.8. The lowest BCUT2D eigenvalue weighted by Crippen LogP contribution is -2.48. The maximum atomic E-state index is 12.8. The van der Waals surface area contributed by atoms with Crippen LogP contribution in [0.4, 0.5) is 0 Å². The van der Waals surface area contributed by atoms with Gasteiger partial charge in [0.05, 0.1) is 21.9 Å². The van der Waals surface area contributed by atoms with Gasteiger partial charge in [0.15, 0.2) is 0 Å². The normalized spacial score (nSPS) is 25.7. The molecule has 1 atom stereocenters. The van der Waals surface area contributed by atoms with E-state index in [1.165, 1.54) is 16.4 Å². The van der Waals surface area contributed by atoms with Gasteiger partial charge in [0.2, 0.25) is 15.9 Å². The van der Waals surface area contributed by atoms with Gasteiger partial charge in [0, 0.05) is 26.7 Å². The fourth-order valence-electron chi connectivity index (χ4n) is 3.56. The predicted octanol–water partition coefficient (Wildman–Crippen LogP) is 1.19. The molecule has 0 saturated carbocycles. The molecule has 2 saturated heterocycles. The van der Waals surface area contributed by atoms with Gasteiger partial charge in [-0.3, -0.25) is 4.79 Å². The summed E-state index contributed by atoms with van der Waals surface area (Å²) in [5.41, 5.74) is -0.263. The summed E-state index contributed by atoms with van der Waals surface area (Å²) in [4.78, 5) is 14.3. The molecule has 1 amide bonds. The van der Waals surface area contributed by atoms with Crippen LogP contribution in [0.25, 0.3) is 0 Å². The first-order valence-electron chi connectivity index (χ1n) is 7.65. The number of piperidine rings is 1. The number of nitriles is 1. The lowest BCUT2D eigenvalue weighted by molar-refractivity contribution is -0.143. The highest BCUT2D eigenvalue weighted by molar-refractivity contribution is 7.89. The lowest BCUT2D eigenvalue weighted by Gasteiger charge is -2.37. The predicted molar refractivity (Wildman–Crippen MR) is 83.8 cm³/mol. The maximum Gasteiger partial charge on any atom is 0.243 e. The van der Waals surface area contributed by atoms with E-state index >= 15 is 0 Å². The molecule has 2 aliphatic heterocycles. The van der Waals surface area contributed by atoms with E-state index in [2.05, 4.69) is 0 Å². The molecule has 1 aromatic carbocycles. The van der Waals surface area contributed by atoms with Crippen LogP contribution in [0.5, 0.6) is 0 Å². The Bertz CT molecular complexity index is 784. The SMILES string of the molecule is CN1CCCC2(CCN(S(=O)(=O)c3cccc(C#N)c3)C2)C1=O. The third-order valence-electron chi connectivity index (χ3n) is 4.87. The molecule has 1 spiro atoms. The van der Waals surface area contributed by atoms with Gasteiger partial charge in [-0.2, -0.15) is 9.57 Å². The summed E-state index contributed by atoms with van der Waals surface area (Å²) in [6, 6.07) is 7.98. The fraction of sp³-hybridized carbons (Fsp3) is 0.500. The zero-order valence-electron chi connectivity index (χ0n) is 13.0. The number of nitrogens with zero attached hydrogens (tertiary/aromatic N) is 3. The van der Waals surface area contributed by atoms with Crippen molar-refractivity contribution >= 4 is 15.9 Å². The van der Waals surface area contributed by atoms with Gasteiger partial charge in [0.1, 0.15) is 0 Å². The Hall–Kier alpha value is -1.91. The molecule has 122 valence electrons. The molecule has 6 nitrogen and oxygen atoms in total. The minimum absolute atomic E-state index is 0.0484. The second-order valence-electron chi connectivity index (χ2n) is 6.34. The molecular weight excluding hydrogens is 314 g/mol. The van der Waals surface area contributed by atoms with E-state index in [4.69, 9.17) is 5.26 Å². The van der Waals surface area contributed by atoms with Crippen molar-refractivity contribution in [2.75, 3.05) is 26.7 Å². The van der Waals surface area contributed by atoms with Gasteiger partial charge < -0.3 is 4.90 Å². The molecule has 2 aliphatic rings. The third kappa shape index (κ3) is 2.62. The second kappa shape index (κ2) is 5.62. The molecule has 23 heavy (non-hydrogen) atoms. The summed E-state index contributed by atoms with van der Waals surface area (Å²) in [6.07, 6.45) is 2.20. The number of hydrogen-bond acceptors (Lipinski definition) is 4. The number of carbonyl (C=O) groups is 1. The van der Waals surface area contributed by atoms with Crippen molar-refractivity contribution in [2.24, 2.45) is 5.41 Å². The van der Waals surface area contributed by atoms with E-state index < -0.39 is 15.4 Å². The summed E-state index contributed by atoms with van der Waals surface area (Å²) < 4.78 is 27.0. The molecule has 0 radical (unpaired) electrons. The fourth-order valence-corrected chi connectivity index (χ4v) is 5.13. The number of benzene rings is 1. The summed E-state index contributed by atoms with van der Waals surface area (Å²) in [7, 11) is -1.90. The summed E-state index contributed by atoms with van der Waals surface area (Å²) in [5.74, 6) is 0.0484. The number of carbonyl (C=O) groups excluding carboxylic acids is 1. The van der Waals surface area contributed by atoms with Crippen LogP contribution < -0.4 is 0 Å². The van der Waals surface area contributed by atoms with Crippen LogP contribution in [0.1, 0.15) is 24.8 Å². The van der Waals surface area contributed by atoms with Crippen LogP contribution in [-0.2, 0) is 14.8 Å². The van der Waals surface area contributed by atoms with Gasteiger partial charge in [-0.15, -0.1) is 0 Å². The third-order valence-corrected chi connectivity index (χ3v) is 6.71. The van der Waals surface area contributed by atoms with E-state index in [1.807, 2.05) is 6.07 Å². The van der Waals surface area contributed by atoms with Crippen LogP contribution in [0, 0.1) is 16.7 Å². The van der Waals surface area contributed by atoms with Crippen molar-refractivity contribution in [1.29, 1.82) is 5.26 Å². The largest absolute Gasteiger partial charge is 0.345 e. The van der Waals surface area contributed by atoms with E-state index in [9.17, 15) is 13.2 Å². The van der Waals surface area contributed by atoms with E-state index in [-0.39, 0.29) is 17.3 Å². The standard InChI is InChI=1S/C16H19N3O3S/c1-18-8-3-6-16(15(18)20)7-9-19(12-16)23(21,22)14-5-2-4-13(10-14)11-17/h2,4-5,10H,3,6-9,12H2,1H3. The topological polar surface area (TPSA) is 81.5 Å². The average Bonchev–Trinajstić information content (AvgIpc) is 2.98. The quantitative estimate of drug-likeness (QED) is 0.814. The zero-order chi connectivity index (χ0) is 16.7. The first-order valence-corrected chi connectivity index (χ1v) is 9.09. The van der Waals surface area contributed by atoms with E-state index in [1.54, 1.807) is 24.1 Å². The molecule has 0 N–H and O–H groups in total. The Balaban J connectivity index is 1.88. The van der Waals surface area contributed by atoms with Gasteiger partial charge in [-0.25, -0.2) is 8.42 Å². The summed E-state index contributed by atoms with van der Waals surface area (Å²) in [6.45, 7) is 1.31. The van der Waals surface area contributed by atoms with Gasteiger partial charge in [-0.1, -0.05) is 6.07 Å². The maximum absolute atomic E-state index is 12.8. The lowest BCUT2D eigenvalue weighted by atomic mass is 9.78. The molecule has 1 aromatic rings. The Kier molecular flexibility index (Phi) is 3.90. The van der Waals surface area contributed by atoms with E-state index in [0.717, 1.165) is 19.4 Å². The Morgan fingerprint density at radius 3 is 2.78 bits per heavy atom. The van der Waals surface area contributed by atoms with Crippen LogP contribution in [0.15, 0.2) is 29.2 Å². The Morgan fingerprint density at radius 2 is 2.04 bits per heavy atom. The first-order chi connectivity index (χ1) is 10.9. The van der Waals surface area contributed by atoms with Gasteiger partial charge >= 0.3 is 0 Å². The molecule has 0 aromatic heterocycles. The molecule has 2 heterocycles. The van der Waals surface area contributed by atoms with Gasteiger partial charge in [0.25, 0.3) is 0 Å². The summed E-state index contributed by atoms with van der Waals surface area (Å²) in [5, 5.41) is 8.95. The van der Waals surface area contributed by atoms with Crippen LogP contribution in [0.3, 0.4) is 0 Å². The molecule has 1 unspecified atom stereocenters. The Morgan fingerprint density at radius 1 is 1.26 bits per heavy atom. The number of likely N-dealkylation sites (tertiary alicyclic amines) is 1. The minimum atomic E-state index is -3.68. The van der Waals surface area contributed by atoms with Crippen molar-refractivity contribution in [3.8, 4) is 6.07 Å². The Labute approximate surface area is 136 Å². The molecule has 0 bridgehead atoms. The molecule has 0 aliphatic carbocycles. The monoisotopic (exact) mass is 333 g/mol. The number of amides is 1. The second-order valence-corrected chi connectivity index (χ2v) is 8.28. The van der Waals surface area contributed by atoms with Crippen molar-refractivity contribution in [3.63, 3.8) is 0 Å². The van der Waals surface area contributed by atoms with Crippen molar-refractivity contribution in [1.82, 2.24) is 9.21 Å². The van der Waals surface area contributed by atoms with Crippen molar-refractivity contribution < 1.29 is 13.2 Å². The van der Waals surface area contributed by atoms with Gasteiger partial charge in [-0.05, 0) is 37.5 Å². The van der Waals surface area contributed by atoms with E-state index in [0.29, 0.717) is 18.5 Å². The van der Waals surface area contributed by atoms with Crippen molar-refractivity contribution in [3.05, 3.63) is 29.8 Å². The molecule has 3 rings (SSSR count).